The summed E-state index contributed by atoms with van der Waals surface area (Å²) in [6.45, 7) is 9.37. The van der Waals surface area contributed by atoms with Crippen LogP contribution in [-0.2, 0) is 6.42 Å². The van der Waals surface area contributed by atoms with E-state index >= 15 is 0 Å². The van der Waals surface area contributed by atoms with Crippen molar-refractivity contribution in [3.8, 4) is 0 Å². The minimum absolute atomic E-state index is 0.576. The van der Waals surface area contributed by atoms with Crippen molar-refractivity contribution in [1.82, 2.24) is 0 Å². The van der Waals surface area contributed by atoms with Crippen molar-refractivity contribution in [2.24, 2.45) is 0 Å². The van der Waals surface area contributed by atoms with E-state index in [-0.39, 0.29) is 0 Å². The molecule has 0 heteroatoms. The van der Waals surface area contributed by atoms with Crippen LogP contribution in [0.4, 0.5) is 0 Å². The van der Waals surface area contributed by atoms with Gasteiger partial charge in [-0.3, -0.25) is 0 Å². The maximum Gasteiger partial charge on any atom is -0.00199 e. The van der Waals surface area contributed by atoms with Gasteiger partial charge in [-0.15, -0.1) is 0 Å². The Balaban J connectivity index is 2.28. The Morgan fingerprint density at radius 2 is 1.40 bits per heavy atom. The number of benzene rings is 3. The molecule has 0 aliphatic rings. The van der Waals surface area contributed by atoms with Crippen LogP contribution >= 0.6 is 0 Å². The molecular formula is C25H30. The van der Waals surface area contributed by atoms with E-state index in [2.05, 4.69) is 88.4 Å². The number of fused-ring (bicyclic) bond motifs is 1. The molecule has 0 spiro atoms. The topological polar surface area (TPSA) is 0 Å². The summed E-state index contributed by atoms with van der Waals surface area (Å²) in [7, 11) is 0. The van der Waals surface area contributed by atoms with E-state index in [0.717, 1.165) is 6.42 Å². The van der Waals surface area contributed by atoms with Gasteiger partial charge in [-0.2, -0.15) is 0 Å². The molecule has 0 saturated carbocycles. The van der Waals surface area contributed by atoms with Gasteiger partial charge < -0.3 is 0 Å². The fourth-order valence-electron chi connectivity index (χ4n) is 3.86. The second kappa shape index (κ2) is 7.87. The Morgan fingerprint density at radius 1 is 0.760 bits per heavy atom. The molecule has 0 bridgehead atoms. The van der Waals surface area contributed by atoms with E-state index in [9.17, 15) is 0 Å². The standard InChI is InChI=1S/C25H30/c1-5-18(3)23-17-21-14-10-11-15-22(21)25(19(4)6-2)24(23)16-20-12-8-7-9-13-20/h7-15,17-19H,5-6,16H2,1-4H3. The molecule has 25 heavy (non-hydrogen) atoms. The van der Waals surface area contributed by atoms with Gasteiger partial charge in [0.25, 0.3) is 0 Å². The molecule has 2 atom stereocenters. The maximum absolute atomic E-state index is 2.45. The third kappa shape index (κ3) is 3.63. The zero-order valence-corrected chi connectivity index (χ0v) is 16.0. The maximum atomic E-state index is 2.45. The summed E-state index contributed by atoms with van der Waals surface area (Å²) < 4.78 is 0. The van der Waals surface area contributed by atoms with Crippen LogP contribution in [0, 0.1) is 0 Å². The number of hydrogen-bond acceptors (Lipinski definition) is 0. The van der Waals surface area contributed by atoms with Crippen LogP contribution in [0.2, 0.25) is 0 Å². The lowest BCUT2D eigenvalue weighted by atomic mass is 9.80. The second-order valence-corrected chi connectivity index (χ2v) is 7.36. The van der Waals surface area contributed by atoms with Gasteiger partial charge in [0.2, 0.25) is 0 Å². The lowest BCUT2D eigenvalue weighted by molar-refractivity contribution is 0.701. The van der Waals surface area contributed by atoms with E-state index in [4.69, 9.17) is 0 Å². The Labute approximate surface area is 152 Å². The van der Waals surface area contributed by atoms with Crippen LogP contribution in [0.1, 0.15) is 74.6 Å². The van der Waals surface area contributed by atoms with E-state index < -0.39 is 0 Å². The molecule has 0 aromatic heterocycles. The SMILES string of the molecule is CCC(C)c1cc2ccccc2c(C(C)CC)c1Cc1ccccc1. The Hall–Kier alpha value is -2.08. The van der Waals surface area contributed by atoms with E-state index in [1.165, 1.54) is 29.2 Å². The zero-order chi connectivity index (χ0) is 17.8. The highest BCUT2D eigenvalue weighted by atomic mass is 14.2. The van der Waals surface area contributed by atoms with E-state index in [1.807, 2.05) is 0 Å². The summed E-state index contributed by atoms with van der Waals surface area (Å²) in [6.07, 6.45) is 3.39. The highest BCUT2D eigenvalue weighted by molar-refractivity contribution is 5.88. The first kappa shape index (κ1) is 17.7. The van der Waals surface area contributed by atoms with Gasteiger partial charge in [-0.1, -0.05) is 88.4 Å². The Bertz CT molecular complexity index is 829. The average molecular weight is 331 g/mol. The van der Waals surface area contributed by atoms with Gasteiger partial charge >= 0.3 is 0 Å². The normalized spacial score (nSPS) is 13.8. The van der Waals surface area contributed by atoms with Crippen molar-refractivity contribution in [2.45, 2.75) is 58.8 Å². The number of hydrogen-bond donors (Lipinski definition) is 0. The first-order valence-electron chi connectivity index (χ1n) is 9.74. The van der Waals surface area contributed by atoms with Crippen LogP contribution in [0.3, 0.4) is 0 Å². The first-order valence-corrected chi connectivity index (χ1v) is 9.74. The van der Waals surface area contributed by atoms with E-state index in [0.29, 0.717) is 11.8 Å². The smallest absolute Gasteiger partial charge is 0.00199 e. The third-order valence-corrected chi connectivity index (χ3v) is 5.71. The largest absolute Gasteiger partial charge is 0.0648 e. The Morgan fingerprint density at radius 3 is 2.08 bits per heavy atom. The minimum Gasteiger partial charge on any atom is -0.0648 e. The lowest BCUT2D eigenvalue weighted by Gasteiger charge is -2.25. The van der Waals surface area contributed by atoms with Crippen molar-refractivity contribution >= 4 is 10.8 Å². The Kier molecular flexibility index (Phi) is 5.58. The molecule has 3 rings (SSSR count). The van der Waals surface area contributed by atoms with Crippen LogP contribution in [0.5, 0.6) is 0 Å². The molecule has 3 aromatic rings. The summed E-state index contributed by atoms with van der Waals surface area (Å²) in [5, 5.41) is 2.83. The fraction of sp³-hybridized carbons (Fsp3) is 0.360. The molecule has 0 fully saturated rings. The second-order valence-electron chi connectivity index (χ2n) is 7.36. The molecule has 0 aliphatic heterocycles. The highest BCUT2D eigenvalue weighted by Crippen LogP contribution is 2.38. The quantitative estimate of drug-likeness (QED) is 0.440. The zero-order valence-electron chi connectivity index (χ0n) is 16.0. The molecule has 0 saturated heterocycles. The van der Waals surface area contributed by atoms with Crippen LogP contribution in [0.25, 0.3) is 10.8 Å². The first-order chi connectivity index (χ1) is 12.2. The van der Waals surface area contributed by atoms with Crippen molar-refractivity contribution in [3.05, 3.63) is 82.9 Å². The van der Waals surface area contributed by atoms with Gasteiger partial charge in [-0.25, -0.2) is 0 Å². The molecule has 0 heterocycles. The van der Waals surface area contributed by atoms with Crippen molar-refractivity contribution in [2.75, 3.05) is 0 Å². The predicted molar refractivity (Wildman–Crippen MR) is 111 cm³/mol. The molecule has 130 valence electrons. The molecule has 3 aromatic carbocycles. The van der Waals surface area contributed by atoms with Crippen molar-refractivity contribution < 1.29 is 0 Å². The van der Waals surface area contributed by atoms with Gasteiger partial charge in [0.05, 0.1) is 0 Å². The summed E-state index contributed by atoms with van der Waals surface area (Å²) >= 11 is 0. The van der Waals surface area contributed by atoms with Crippen LogP contribution < -0.4 is 0 Å². The summed E-state index contributed by atoms with van der Waals surface area (Å²) in [5.41, 5.74) is 6.08. The summed E-state index contributed by atoms with van der Waals surface area (Å²) in [4.78, 5) is 0. The molecule has 0 amide bonds. The van der Waals surface area contributed by atoms with E-state index in [1.54, 1.807) is 16.7 Å². The van der Waals surface area contributed by atoms with Crippen molar-refractivity contribution in [3.63, 3.8) is 0 Å². The predicted octanol–water partition coefficient (Wildman–Crippen LogP) is 7.46. The third-order valence-electron chi connectivity index (χ3n) is 5.71. The molecule has 2 unspecified atom stereocenters. The van der Waals surface area contributed by atoms with Crippen LogP contribution in [0.15, 0.2) is 60.7 Å². The molecule has 0 nitrogen and oxygen atoms in total. The molecule has 0 N–H and O–H groups in total. The lowest BCUT2D eigenvalue weighted by Crippen LogP contribution is -2.08. The average Bonchev–Trinajstić information content (AvgIpc) is 2.67. The fourth-order valence-corrected chi connectivity index (χ4v) is 3.86. The summed E-state index contributed by atoms with van der Waals surface area (Å²) in [5.74, 6) is 1.17. The van der Waals surface area contributed by atoms with Gasteiger partial charge in [0, 0.05) is 0 Å². The minimum atomic E-state index is 0.576. The highest BCUT2D eigenvalue weighted by Gasteiger charge is 2.20. The molecule has 0 radical (unpaired) electrons. The number of rotatable bonds is 6. The van der Waals surface area contributed by atoms with Gasteiger partial charge in [-0.05, 0) is 64.1 Å². The monoisotopic (exact) mass is 330 g/mol. The molecule has 0 aliphatic carbocycles. The van der Waals surface area contributed by atoms with Gasteiger partial charge in [0.1, 0.15) is 0 Å². The summed E-state index contributed by atoms with van der Waals surface area (Å²) in [6, 6.07) is 22.3. The van der Waals surface area contributed by atoms with Crippen molar-refractivity contribution in [1.29, 1.82) is 0 Å². The van der Waals surface area contributed by atoms with Crippen LogP contribution in [-0.4, -0.2) is 0 Å². The van der Waals surface area contributed by atoms with Gasteiger partial charge in [0.15, 0.2) is 0 Å². The molecular weight excluding hydrogens is 300 g/mol.